The van der Waals surface area contributed by atoms with Gasteiger partial charge >= 0.3 is 0 Å². The van der Waals surface area contributed by atoms with Gasteiger partial charge in [-0.3, -0.25) is 19.6 Å². The van der Waals surface area contributed by atoms with Crippen LogP contribution in [0.5, 0.6) is 0 Å². The van der Waals surface area contributed by atoms with Crippen LogP contribution in [0.2, 0.25) is 5.02 Å². The van der Waals surface area contributed by atoms with Gasteiger partial charge in [0.2, 0.25) is 5.91 Å². The highest BCUT2D eigenvalue weighted by atomic mass is 35.5. The molecule has 2 rings (SSSR count). The second-order valence-electron chi connectivity index (χ2n) is 4.48. The van der Waals surface area contributed by atoms with Crippen LogP contribution in [-0.2, 0) is 4.79 Å². The van der Waals surface area contributed by atoms with Gasteiger partial charge in [0.1, 0.15) is 11.7 Å². The molecule has 0 radical (unpaired) electrons. The predicted molar refractivity (Wildman–Crippen MR) is 78.4 cm³/mol. The minimum Gasteiger partial charge on any atom is -0.319 e. The topological polar surface area (TPSA) is 90.1 Å². The molecular weight excluding hydrogens is 296 g/mol. The van der Waals surface area contributed by atoms with E-state index in [2.05, 4.69) is 10.4 Å². The van der Waals surface area contributed by atoms with E-state index in [0.717, 1.165) is 0 Å². The molecular formula is C13H13ClN4O3. The van der Waals surface area contributed by atoms with Crippen LogP contribution in [-0.4, -0.2) is 20.6 Å². The van der Waals surface area contributed by atoms with E-state index in [4.69, 9.17) is 11.6 Å². The lowest BCUT2D eigenvalue weighted by Gasteiger charge is -2.12. The Balaban J connectivity index is 2.20. The number of carbonyl (C=O) groups excluding carboxylic acids is 1. The van der Waals surface area contributed by atoms with Crippen LogP contribution in [0.3, 0.4) is 0 Å². The SMILES string of the molecule is Cc1nn(C(C)C(=O)Nc2ccccc2[N+](=O)[O-])cc1Cl. The highest BCUT2D eigenvalue weighted by molar-refractivity contribution is 6.31. The standard InChI is InChI=1S/C13H13ClN4O3/c1-8-10(14)7-17(16-8)9(2)13(19)15-11-5-3-4-6-12(11)18(20)21/h3-7,9H,1-2H3,(H,15,19). The monoisotopic (exact) mass is 308 g/mol. The maximum absolute atomic E-state index is 12.2. The molecule has 1 heterocycles. The summed E-state index contributed by atoms with van der Waals surface area (Å²) >= 11 is 5.90. The number of nitrogens with zero attached hydrogens (tertiary/aromatic N) is 3. The number of hydrogen-bond donors (Lipinski definition) is 1. The first-order valence-corrected chi connectivity index (χ1v) is 6.53. The molecule has 21 heavy (non-hydrogen) atoms. The number of rotatable bonds is 4. The number of halogens is 1. The van der Waals surface area contributed by atoms with Crippen molar-refractivity contribution in [1.82, 2.24) is 9.78 Å². The van der Waals surface area contributed by atoms with Crippen LogP contribution in [0.1, 0.15) is 18.7 Å². The third-order valence-corrected chi connectivity index (χ3v) is 3.36. The van der Waals surface area contributed by atoms with Crippen LogP contribution < -0.4 is 5.32 Å². The summed E-state index contributed by atoms with van der Waals surface area (Å²) in [4.78, 5) is 22.5. The van der Waals surface area contributed by atoms with Gasteiger partial charge in [-0.15, -0.1) is 0 Å². The zero-order chi connectivity index (χ0) is 15.6. The van der Waals surface area contributed by atoms with Crippen molar-refractivity contribution in [2.24, 2.45) is 0 Å². The van der Waals surface area contributed by atoms with E-state index < -0.39 is 16.9 Å². The lowest BCUT2D eigenvalue weighted by Crippen LogP contribution is -2.24. The molecule has 0 saturated heterocycles. The average Bonchev–Trinajstić information content (AvgIpc) is 2.78. The molecule has 7 nitrogen and oxygen atoms in total. The first-order valence-electron chi connectivity index (χ1n) is 6.15. The zero-order valence-corrected chi connectivity index (χ0v) is 12.2. The summed E-state index contributed by atoms with van der Waals surface area (Å²) in [5, 5.41) is 18.0. The smallest absolute Gasteiger partial charge is 0.292 e. The van der Waals surface area contributed by atoms with Crippen molar-refractivity contribution in [3.05, 3.63) is 51.3 Å². The van der Waals surface area contributed by atoms with Crippen LogP contribution in [0.15, 0.2) is 30.5 Å². The van der Waals surface area contributed by atoms with Crippen molar-refractivity contribution in [3.63, 3.8) is 0 Å². The Morgan fingerprint density at radius 2 is 2.14 bits per heavy atom. The number of nitro benzene ring substituents is 1. The number of amides is 1. The van der Waals surface area contributed by atoms with Gasteiger partial charge < -0.3 is 5.32 Å². The molecule has 0 aliphatic heterocycles. The molecule has 0 aliphatic rings. The molecule has 2 aromatic rings. The third-order valence-electron chi connectivity index (χ3n) is 2.99. The van der Waals surface area contributed by atoms with Crippen LogP contribution in [0.25, 0.3) is 0 Å². The van der Waals surface area contributed by atoms with Crippen LogP contribution >= 0.6 is 11.6 Å². The van der Waals surface area contributed by atoms with Crippen molar-refractivity contribution in [2.75, 3.05) is 5.32 Å². The Morgan fingerprint density at radius 1 is 1.48 bits per heavy atom. The fraction of sp³-hybridized carbons (Fsp3) is 0.231. The number of nitrogens with one attached hydrogen (secondary N) is 1. The number of hydrogen-bond acceptors (Lipinski definition) is 4. The molecule has 1 unspecified atom stereocenters. The lowest BCUT2D eigenvalue weighted by atomic mass is 10.2. The highest BCUT2D eigenvalue weighted by Crippen LogP contribution is 2.24. The summed E-state index contributed by atoms with van der Waals surface area (Å²) in [6.45, 7) is 3.36. The predicted octanol–water partition coefficient (Wildman–Crippen LogP) is 2.95. The van der Waals surface area contributed by atoms with E-state index in [9.17, 15) is 14.9 Å². The van der Waals surface area contributed by atoms with E-state index in [-0.39, 0.29) is 11.4 Å². The Labute approximate surface area is 125 Å². The van der Waals surface area contributed by atoms with Crippen molar-refractivity contribution in [2.45, 2.75) is 19.9 Å². The van der Waals surface area contributed by atoms with Gasteiger partial charge in [-0.1, -0.05) is 23.7 Å². The van der Waals surface area contributed by atoms with E-state index in [1.165, 1.54) is 22.9 Å². The van der Waals surface area contributed by atoms with E-state index in [1.807, 2.05) is 0 Å². The number of aryl methyl sites for hydroxylation is 1. The summed E-state index contributed by atoms with van der Waals surface area (Å²) in [6.07, 6.45) is 1.54. The molecule has 1 aromatic carbocycles. The van der Waals surface area contributed by atoms with Crippen molar-refractivity contribution in [3.8, 4) is 0 Å². The molecule has 0 fully saturated rings. The van der Waals surface area contributed by atoms with Crippen LogP contribution in [0.4, 0.5) is 11.4 Å². The number of carbonyl (C=O) groups is 1. The number of aromatic nitrogens is 2. The maximum atomic E-state index is 12.2. The van der Waals surface area contributed by atoms with Crippen molar-refractivity contribution in [1.29, 1.82) is 0 Å². The van der Waals surface area contributed by atoms with Gasteiger partial charge in [0.25, 0.3) is 5.69 Å². The molecule has 1 amide bonds. The average molecular weight is 309 g/mol. The van der Waals surface area contributed by atoms with Crippen molar-refractivity contribution < 1.29 is 9.72 Å². The zero-order valence-electron chi connectivity index (χ0n) is 11.4. The fourth-order valence-electron chi connectivity index (χ4n) is 1.75. The lowest BCUT2D eigenvalue weighted by molar-refractivity contribution is -0.383. The van der Waals surface area contributed by atoms with E-state index >= 15 is 0 Å². The molecule has 0 aliphatic carbocycles. The van der Waals surface area contributed by atoms with Gasteiger partial charge in [0.15, 0.2) is 0 Å². The molecule has 110 valence electrons. The van der Waals surface area contributed by atoms with Gasteiger partial charge in [-0.25, -0.2) is 0 Å². The maximum Gasteiger partial charge on any atom is 0.292 e. The quantitative estimate of drug-likeness (QED) is 0.694. The normalized spacial score (nSPS) is 12.0. The second-order valence-corrected chi connectivity index (χ2v) is 4.89. The third kappa shape index (κ3) is 3.19. The summed E-state index contributed by atoms with van der Waals surface area (Å²) < 4.78 is 1.42. The summed E-state index contributed by atoms with van der Waals surface area (Å²) in [6, 6.07) is 5.31. The van der Waals surface area contributed by atoms with Gasteiger partial charge in [-0.05, 0) is 19.9 Å². The minimum atomic E-state index is -0.643. The minimum absolute atomic E-state index is 0.148. The number of para-hydroxylation sites is 2. The largest absolute Gasteiger partial charge is 0.319 e. The Hall–Kier alpha value is -2.41. The van der Waals surface area contributed by atoms with Gasteiger partial charge in [-0.2, -0.15) is 5.10 Å². The van der Waals surface area contributed by atoms with E-state index in [1.54, 1.807) is 26.1 Å². The Morgan fingerprint density at radius 3 is 2.71 bits per heavy atom. The Kier molecular flexibility index (Phi) is 4.23. The van der Waals surface area contributed by atoms with Gasteiger partial charge in [0.05, 0.1) is 15.6 Å². The molecule has 1 aromatic heterocycles. The number of benzene rings is 1. The van der Waals surface area contributed by atoms with Crippen LogP contribution in [0, 0.1) is 17.0 Å². The summed E-state index contributed by atoms with van der Waals surface area (Å²) in [7, 11) is 0. The van der Waals surface area contributed by atoms with E-state index in [0.29, 0.717) is 10.7 Å². The molecule has 0 bridgehead atoms. The number of anilines is 1. The molecule has 1 atom stereocenters. The summed E-state index contributed by atoms with van der Waals surface area (Å²) in [5.74, 6) is -0.413. The molecule has 8 heteroatoms. The molecule has 0 saturated carbocycles. The summed E-state index contributed by atoms with van der Waals surface area (Å²) in [5.41, 5.74) is 0.601. The number of nitro groups is 1. The Bertz CT molecular complexity index is 679. The second kappa shape index (κ2) is 5.92. The van der Waals surface area contributed by atoms with Crippen molar-refractivity contribution >= 4 is 28.9 Å². The fourth-order valence-corrected chi connectivity index (χ4v) is 1.89. The molecule has 0 spiro atoms. The first-order chi connectivity index (χ1) is 9.90. The highest BCUT2D eigenvalue weighted by Gasteiger charge is 2.21. The molecule has 1 N–H and O–H groups in total. The van der Waals surface area contributed by atoms with Gasteiger partial charge in [0, 0.05) is 12.3 Å². The first kappa shape index (κ1) is 15.0.